The van der Waals surface area contributed by atoms with Crippen LogP contribution in [0.25, 0.3) is 0 Å². The molecule has 3 heterocycles. The number of methoxy groups -OCH3 is 1. The average Bonchev–Trinajstić information content (AvgIpc) is 3.27. The molecule has 67 heavy (non-hydrogen) atoms. The van der Waals surface area contributed by atoms with Crippen molar-refractivity contribution in [2.24, 2.45) is 50.2 Å². The average molecular weight is 957 g/mol. The Morgan fingerprint density at radius 1 is 0.687 bits per heavy atom. The fourth-order valence-corrected chi connectivity index (χ4v) is 15.3. The zero-order valence-corrected chi connectivity index (χ0v) is 40.6. The third-order valence-corrected chi connectivity index (χ3v) is 19.5. The molecule has 10 N–H and O–H groups in total. The van der Waals surface area contributed by atoms with Gasteiger partial charge in [0, 0.05) is 12.0 Å². The molecule has 3 aliphatic heterocycles. The number of carbonyl (C=O) groups is 1. The number of hydrogen-bond acceptors (Lipinski definition) is 18. The van der Waals surface area contributed by atoms with Gasteiger partial charge in [0.15, 0.2) is 25.0 Å². The van der Waals surface area contributed by atoms with Gasteiger partial charge in [-0.15, -0.1) is 0 Å². The normalized spacial score (nSPS) is 53.8. The number of allylic oxidation sites excluding steroid dienone is 2. The van der Waals surface area contributed by atoms with Crippen LogP contribution in [0.2, 0.25) is 0 Å². The number of rotatable bonds is 9. The van der Waals surface area contributed by atoms with Crippen molar-refractivity contribution in [1.82, 2.24) is 0 Å². The predicted molar refractivity (Wildman–Crippen MR) is 235 cm³/mol. The second-order valence-corrected chi connectivity index (χ2v) is 23.9. The summed E-state index contributed by atoms with van der Waals surface area (Å²) >= 11 is 0. The van der Waals surface area contributed by atoms with Crippen LogP contribution in [0.1, 0.15) is 113 Å². The first kappa shape index (κ1) is 51.9. The van der Waals surface area contributed by atoms with Crippen molar-refractivity contribution in [1.29, 1.82) is 0 Å². The number of ether oxygens (including phenoxy) is 7. The van der Waals surface area contributed by atoms with Crippen LogP contribution < -0.4 is 0 Å². The van der Waals surface area contributed by atoms with Crippen molar-refractivity contribution in [3.8, 4) is 0 Å². The van der Waals surface area contributed by atoms with Gasteiger partial charge in [-0.25, -0.2) is 4.79 Å². The van der Waals surface area contributed by atoms with Crippen LogP contribution in [-0.4, -0.2) is 182 Å². The lowest BCUT2D eigenvalue weighted by Crippen LogP contribution is -2.69. The summed E-state index contributed by atoms with van der Waals surface area (Å²) in [6.07, 6.45) is -16.7. The molecule has 3 saturated heterocycles. The molecule has 0 aromatic carbocycles. The lowest BCUT2D eigenvalue weighted by Gasteiger charge is -2.72. The highest BCUT2D eigenvalue weighted by Gasteiger charge is 2.70. The van der Waals surface area contributed by atoms with E-state index in [2.05, 4.69) is 40.7 Å². The van der Waals surface area contributed by atoms with E-state index in [0.29, 0.717) is 12.3 Å². The van der Waals surface area contributed by atoms with Gasteiger partial charge in [-0.2, -0.15) is 0 Å². The Kier molecular flexibility index (Phi) is 14.1. The van der Waals surface area contributed by atoms with Gasteiger partial charge in [0.25, 0.3) is 0 Å². The van der Waals surface area contributed by atoms with Crippen LogP contribution in [-0.2, 0) is 38.0 Å². The van der Waals surface area contributed by atoms with Crippen LogP contribution >= 0.6 is 0 Å². The molecule has 0 aromatic rings. The second-order valence-electron chi connectivity index (χ2n) is 23.9. The van der Waals surface area contributed by atoms with Gasteiger partial charge in [0.05, 0.1) is 32.0 Å². The fraction of sp³-hybridized carbons (Fsp3) is 0.939. The van der Waals surface area contributed by atoms with Gasteiger partial charge in [0.2, 0.25) is 0 Å². The Bertz CT molecular complexity index is 1830. The van der Waals surface area contributed by atoms with Gasteiger partial charge in [-0.1, -0.05) is 60.1 Å². The van der Waals surface area contributed by atoms with Crippen LogP contribution in [0.5, 0.6) is 0 Å². The minimum absolute atomic E-state index is 0.0218. The monoisotopic (exact) mass is 957 g/mol. The van der Waals surface area contributed by atoms with E-state index in [1.807, 2.05) is 13.8 Å². The highest BCUT2D eigenvalue weighted by molar-refractivity contribution is 5.75. The third-order valence-electron chi connectivity index (χ3n) is 19.5. The maximum atomic E-state index is 13.0. The van der Waals surface area contributed by atoms with Crippen molar-refractivity contribution >= 4 is 5.97 Å². The van der Waals surface area contributed by atoms with Gasteiger partial charge < -0.3 is 84.2 Å². The molecule has 18 nitrogen and oxygen atoms in total. The van der Waals surface area contributed by atoms with Gasteiger partial charge in [-0.3, -0.25) is 0 Å². The first-order chi connectivity index (χ1) is 31.3. The molecule has 18 heteroatoms. The number of aliphatic hydroxyl groups is 10. The summed E-state index contributed by atoms with van der Waals surface area (Å²) in [5.41, 5.74) is 0.304. The predicted octanol–water partition coefficient (Wildman–Crippen LogP) is 0.793. The van der Waals surface area contributed by atoms with Crippen LogP contribution in [0.4, 0.5) is 0 Å². The third kappa shape index (κ3) is 8.20. The molecule has 0 unspecified atom stereocenters. The zero-order valence-electron chi connectivity index (χ0n) is 40.6. The lowest BCUT2D eigenvalue weighted by atomic mass is 9.33. The number of hydrogen-bond donors (Lipinski definition) is 10. The maximum absolute atomic E-state index is 13.0. The summed E-state index contributed by atoms with van der Waals surface area (Å²) in [4.78, 5) is 13.0. The van der Waals surface area contributed by atoms with Gasteiger partial charge in [-0.05, 0) is 110 Å². The summed E-state index contributed by atoms with van der Waals surface area (Å²) in [7, 11) is 1.09. The van der Waals surface area contributed by atoms with E-state index in [0.717, 1.165) is 58.5 Å². The maximum Gasteiger partial charge on any atom is 0.337 e. The molecule has 384 valence electrons. The molecule has 0 bridgehead atoms. The standard InChI is InChI=1S/C49H80O18/c1-22-29(53)30(54)34(58)41(62-22)64-36-26(20-50)63-42(35(59)33(36)57)66-38-32(56)31(55)37(40(60)61-9)65-43(38)67-39-25(52)19-46(6)27(45(39,4)5)12-13-48(8)28(46)11-10-23-24-18-44(2,3)14-16-49(24,21-51)17-15-47(23,48)7/h10,22,24-39,41-43,50-59H,11-21H2,1-9H3/t22-,24+,25-,26+,27-,28+,29-,30+,31-,32-,33+,34+,35+,36-,37-,38+,39-,41-,42-,43-,46-,47+,48+,49+/m0/s1. The molecule has 8 aliphatic rings. The summed E-state index contributed by atoms with van der Waals surface area (Å²) in [6.45, 7) is 16.8. The fourth-order valence-electron chi connectivity index (χ4n) is 15.3. The summed E-state index contributed by atoms with van der Waals surface area (Å²) in [5, 5.41) is 111. The summed E-state index contributed by atoms with van der Waals surface area (Å²) in [6, 6.07) is 0. The number of esters is 1. The number of carbonyl (C=O) groups excluding carboxylic acids is 1. The van der Waals surface area contributed by atoms with E-state index in [1.54, 1.807) is 0 Å². The van der Waals surface area contributed by atoms with E-state index in [-0.39, 0.29) is 45.5 Å². The van der Waals surface area contributed by atoms with E-state index >= 15 is 0 Å². The second kappa shape index (κ2) is 18.3. The lowest BCUT2D eigenvalue weighted by molar-refractivity contribution is -0.390. The molecular formula is C49H80O18. The van der Waals surface area contributed by atoms with Crippen molar-refractivity contribution < 1.29 is 89.0 Å². The number of fused-ring (bicyclic) bond motifs is 7. The molecule has 0 spiro atoms. The summed E-state index contributed by atoms with van der Waals surface area (Å²) in [5.74, 6) is -0.470. The Hall–Kier alpha value is -1.43. The molecule has 24 atom stereocenters. The van der Waals surface area contributed by atoms with Crippen LogP contribution in [0.15, 0.2) is 11.6 Å². The van der Waals surface area contributed by atoms with Gasteiger partial charge in [0.1, 0.15) is 61.0 Å². The van der Waals surface area contributed by atoms with E-state index in [9.17, 15) is 55.9 Å². The van der Waals surface area contributed by atoms with Gasteiger partial charge >= 0.3 is 5.97 Å². The number of aliphatic hydroxyl groups excluding tert-OH is 10. The highest BCUT2D eigenvalue weighted by Crippen LogP contribution is 2.76. The largest absolute Gasteiger partial charge is 0.467 e. The Labute approximate surface area is 393 Å². The zero-order chi connectivity index (χ0) is 49.1. The molecule has 7 fully saturated rings. The molecule has 0 amide bonds. The highest BCUT2D eigenvalue weighted by atomic mass is 16.8. The SMILES string of the molecule is COC(=O)[C@H]1O[C@@H](O[C@H]2[C@@H](O)C[C@]3(C)[C@H]4CC=C5[C@H]6CC(C)(C)CC[C@]6(CO)CC[C@@]5(C)[C@]4(C)CC[C@H]3C2(C)C)[C@H](O[C@@H]2O[C@H](CO)[C@H](O[C@@H]3O[C@@H](C)[C@H](O)[C@@H](O)[C@H]3O)[C@H](O)[C@H]2O)[C@@H](O)[C@@H]1O. The van der Waals surface area contributed by atoms with Crippen LogP contribution in [0.3, 0.4) is 0 Å². The minimum Gasteiger partial charge on any atom is -0.467 e. The molecule has 8 rings (SSSR count). The first-order valence-corrected chi connectivity index (χ1v) is 24.6. The topological polar surface area (TPSA) is 284 Å². The molecule has 4 saturated carbocycles. The van der Waals surface area contributed by atoms with Crippen LogP contribution in [0, 0.1) is 50.2 Å². The molecule has 0 aromatic heterocycles. The smallest absolute Gasteiger partial charge is 0.337 e. The molecule has 0 radical (unpaired) electrons. The van der Waals surface area contributed by atoms with E-state index in [4.69, 9.17) is 33.2 Å². The Morgan fingerprint density at radius 3 is 1.97 bits per heavy atom. The molecule has 5 aliphatic carbocycles. The van der Waals surface area contributed by atoms with Crippen molar-refractivity contribution in [3.63, 3.8) is 0 Å². The molecular weight excluding hydrogens is 877 g/mol. The van der Waals surface area contributed by atoms with E-state index < -0.39 is 122 Å². The minimum atomic E-state index is -1.97. The van der Waals surface area contributed by atoms with Crippen molar-refractivity contribution in [2.75, 3.05) is 20.3 Å². The quantitative estimate of drug-likeness (QED) is 0.0869. The summed E-state index contributed by atoms with van der Waals surface area (Å²) < 4.78 is 41.0. The van der Waals surface area contributed by atoms with Crippen molar-refractivity contribution in [2.45, 2.75) is 218 Å². The Balaban J connectivity index is 1.04. The van der Waals surface area contributed by atoms with E-state index in [1.165, 1.54) is 12.5 Å². The van der Waals surface area contributed by atoms with Crippen molar-refractivity contribution in [3.05, 3.63) is 11.6 Å². The first-order valence-electron chi connectivity index (χ1n) is 24.6. The Morgan fingerprint density at radius 2 is 1.31 bits per heavy atom.